The van der Waals surface area contributed by atoms with Gasteiger partial charge in [0.05, 0.1) is 14.3 Å². The lowest BCUT2D eigenvalue weighted by molar-refractivity contribution is -0.121. The van der Waals surface area contributed by atoms with Crippen molar-refractivity contribution in [2.24, 2.45) is 0 Å². The van der Waals surface area contributed by atoms with Crippen LogP contribution in [0.3, 0.4) is 0 Å². The first-order valence-electron chi connectivity index (χ1n) is 9.37. The highest BCUT2D eigenvalue weighted by Crippen LogP contribution is 2.28. The van der Waals surface area contributed by atoms with Gasteiger partial charge < -0.3 is 10.1 Å². The molecular formula is C20H31I2NO2. The van der Waals surface area contributed by atoms with Gasteiger partial charge in [0.15, 0.2) is 0 Å². The minimum atomic E-state index is 0.156. The summed E-state index contributed by atoms with van der Waals surface area (Å²) in [7, 11) is 1.69. The zero-order valence-electron chi connectivity index (χ0n) is 15.5. The van der Waals surface area contributed by atoms with Gasteiger partial charge in [-0.3, -0.25) is 4.79 Å². The molecule has 0 saturated heterocycles. The predicted octanol–water partition coefficient (Wildman–Crippen LogP) is 6.44. The Labute approximate surface area is 180 Å². The van der Waals surface area contributed by atoms with Gasteiger partial charge in [-0.25, -0.2) is 0 Å². The molecule has 0 saturated carbocycles. The van der Waals surface area contributed by atoms with Crippen molar-refractivity contribution in [1.29, 1.82) is 0 Å². The molecule has 0 bridgehead atoms. The number of ether oxygens (including phenoxy) is 1. The molecule has 0 aromatic heterocycles. The van der Waals surface area contributed by atoms with Gasteiger partial charge in [-0.1, -0.05) is 58.3 Å². The molecule has 0 radical (unpaired) electrons. The van der Waals surface area contributed by atoms with Crippen LogP contribution in [0.2, 0.25) is 0 Å². The summed E-state index contributed by atoms with van der Waals surface area (Å²) < 4.78 is 7.52. The van der Waals surface area contributed by atoms with Crippen LogP contribution in [0.15, 0.2) is 12.1 Å². The van der Waals surface area contributed by atoms with E-state index in [4.69, 9.17) is 4.74 Å². The molecule has 0 aliphatic heterocycles. The van der Waals surface area contributed by atoms with Crippen molar-refractivity contribution in [3.8, 4) is 5.75 Å². The van der Waals surface area contributed by atoms with Crippen LogP contribution < -0.4 is 10.1 Å². The second-order valence-electron chi connectivity index (χ2n) is 6.45. The highest BCUT2D eigenvalue weighted by molar-refractivity contribution is 14.1. The van der Waals surface area contributed by atoms with E-state index in [1.54, 1.807) is 7.11 Å². The molecule has 1 aromatic carbocycles. The SMILES string of the molecule is CCCCCCCCCCCC(=O)NCc1cc(I)c(OC)c(I)c1. The summed E-state index contributed by atoms with van der Waals surface area (Å²) in [4.78, 5) is 12.0. The van der Waals surface area contributed by atoms with E-state index in [-0.39, 0.29) is 5.91 Å². The molecule has 3 nitrogen and oxygen atoms in total. The smallest absolute Gasteiger partial charge is 0.220 e. The Morgan fingerprint density at radius 1 is 0.960 bits per heavy atom. The number of amides is 1. The first-order chi connectivity index (χ1) is 12.1. The molecule has 25 heavy (non-hydrogen) atoms. The summed E-state index contributed by atoms with van der Waals surface area (Å²) in [5, 5.41) is 3.03. The van der Waals surface area contributed by atoms with E-state index in [2.05, 4.69) is 69.6 Å². The number of hydrogen-bond acceptors (Lipinski definition) is 2. The van der Waals surface area contributed by atoms with E-state index in [0.717, 1.165) is 24.9 Å². The minimum Gasteiger partial charge on any atom is -0.495 e. The molecule has 0 heterocycles. The Kier molecular flexibility index (Phi) is 12.9. The van der Waals surface area contributed by atoms with E-state index in [0.29, 0.717) is 13.0 Å². The summed E-state index contributed by atoms with van der Waals surface area (Å²) >= 11 is 4.54. The van der Waals surface area contributed by atoms with Gasteiger partial charge in [0.1, 0.15) is 5.75 Å². The summed E-state index contributed by atoms with van der Waals surface area (Å²) in [6.45, 7) is 2.84. The maximum Gasteiger partial charge on any atom is 0.220 e. The maximum atomic E-state index is 12.0. The van der Waals surface area contributed by atoms with Crippen molar-refractivity contribution in [1.82, 2.24) is 5.32 Å². The zero-order chi connectivity index (χ0) is 18.5. The molecule has 0 unspecified atom stereocenters. The highest BCUT2D eigenvalue weighted by atomic mass is 127. The monoisotopic (exact) mass is 571 g/mol. The van der Waals surface area contributed by atoms with E-state index in [1.807, 2.05) is 0 Å². The summed E-state index contributed by atoms with van der Waals surface area (Å²) in [6.07, 6.45) is 12.1. The largest absolute Gasteiger partial charge is 0.495 e. The molecular weight excluding hydrogens is 540 g/mol. The number of carbonyl (C=O) groups excluding carboxylic acids is 1. The fraction of sp³-hybridized carbons (Fsp3) is 0.650. The number of rotatable bonds is 13. The number of halogens is 2. The molecule has 1 aromatic rings. The van der Waals surface area contributed by atoms with E-state index >= 15 is 0 Å². The number of hydrogen-bond donors (Lipinski definition) is 1. The topological polar surface area (TPSA) is 38.3 Å². The van der Waals surface area contributed by atoms with Crippen LogP contribution in [0.5, 0.6) is 5.75 Å². The summed E-state index contributed by atoms with van der Waals surface area (Å²) in [6, 6.07) is 4.14. The highest BCUT2D eigenvalue weighted by Gasteiger charge is 2.08. The molecule has 0 spiro atoms. The van der Waals surface area contributed by atoms with Gasteiger partial charge in [-0.15, -0.1) is 0 Å². The lowest BCUT2D eigenvalue weighted by atomic mass is 10.1. The standard InChI is InChI=1S/C20H31I2NO2/c1-3-4-5-6-7-8-9-10-11-12-19(24)23-15-16-13-17(21)20(25-2)18(22)14-16/h13-14H,3-12,15H2,1-2H3,(H,23,24). The van der Waals surface area contributed by atoms with E-state index in [9.17, 15) is 4.79 Å². The number of benzene rings is 1. The number of methoxy groups -OCH3 is 1. The number of carbonyl (C=O) groups is 1. The van der Waals surface area contributed by atoms with Gasteiger partial charge in [0, 0.05) is 13.0 Å². The molecule has 1 rings (SSSR count). The maximum absolute atomic E-state index is 12.0. The van der Waals surface area contributed by atoms with Crippen molar-refractivity contribution in [2.45, 2.75) is 77.7 Å². The molecule has 0 aliphatic carbocycles. The van der Waals surface area contributed by atoms with E-state index in [1.165, 1.54) is 51.4 Å². The van der Waals surface area contributed by atoms with E-state index < -0.39 is 0 Å². The fourth-order valence-electron chi connectivity index (χ4n) is 2.79. The molecule has 0 aliphatic rings. The van der Waals surface area contributed by atoms with Gasteiger partial charge in [0.25, 0.3) is 0 Å². The molecule has 142 valence electrons. The first-order valence-corrected chi connectivity index (χ1v) is 11.5. The predicted molar refractivity (Wildman–Crippen MR) is 122 cm³/mol. The number of unbranched alkanes of at least 4 members (excludes halogenated alkanes) is 8. The summed E-state index contributed by atoms with van der Waals surface area (Å²) in [5.74, 6) is 1.06. The van der Waals surface area contributed by atoms with Crippen LogP contribution in [0.4, 0.5) is 0 Å². The molecule has 1 amide bonds. The molecule has 5 heteroatoms. The third-order valence-corrected chi connectivity index (χ3v) is 5.86. The second kappa shape index (κ2) is 14.1. The molecule has 1 N–H and O–H groups in total. The second-order valence-corrected chi connectivity index (χ2v) is 8.77. The lowest BCUT2D eigenvalue weighted by Gasteiger charge is -2.10. The Balaban J connectivity index is 2.13. The van der Waals surface area contributed by atoms with Gasteiger partial charge in [-0.05, 0) is 69.3 Å². The summed E-state index contributed by atoms with van der Waals surface area (Å²) in [5.41, 5.74) is 1.12. The molecule has 0 fully saturated rings. The lowest BCUT2D eigenvalue weighted by Crippen LogP contribution is -2.22. The third kappa shape index (κ3) is 10.0. The van der Waals surface area contributed by atoms with Crippen LogP contribution in [0, 0.1) is 7.14 Å². The van der Waals surface area contributed by atoms with Gasteiger partial charge >= 0.3 is 0 Å². The minimum absolute atomic E-state index is 0.156. The first kappa shape index (κ1) is 23.0. The van der Waals surface area contributed by atoms with Crippen molar-refractivity contribution < 1.29 is 9.53 Å². The Morgan fingerprint density at radius 3 is 2.00 bits per heavy atom. The van der Waals surface area contributed by atoms with Crippen molar-refractivity contribution in [2.75, 3.05) is 7.11 Å². The van der Waals surface area contributed by atoms with Gasteiger partial charge in [-0.2, -0.15) is 0 Å². The zero-order valence-corrected chi connectivity index (χ0v) is 19.8. The number of nitrogens with one attached hydrogen (secondary N) is 1. The van der Waals surface area contributed by atoms with Crippen LogP contribution in [0.1, 0.15) is 76.7 Å². The average molecular weight is 571 g/mol. The quantitative estimate of drug-likeness (QED) is 0.219. The van der Waals surface area contributed by atoms with Crippen molar-refractivity contribution in [3.63, 3.8) is 0 Å². The van der Waals surface area contributed by atoms with Crippen molar-refractivity contribution >= 4 is 51.1 Å². The van der Waals surface area contributed by atoms with Crippen LogP contribution >= 0.6 is 45.2 Å². The third-order valence-electron chi connectivity index (χ3n) is 4.26. The normalized spacial score (nSPS) is 10.7. The van der Waals surface area contributed by atoms with Gasteiger partial charge in [0.2, 0.25) is 5.91 Å². The Hall–Kier alpha value is -0.0500. The Bertz CT molecular complexity index is 497. The Morgan fingerprint density at radius 2 is 1.48 bits per heavy atom. The van der Waals surface area contributed by atoms with Crippen LogP contribution in [-0.4, -0.2) is 13.0 Å². The van der Waals surface area contributed by atoms with Crippen molar-refractivity contribution in [3.05, 3.63) is 24.8 Å². The average Bonchev–Trinajstić information content (AvgIpc) is 2.58. The van der Waals surface area contributed by atoms with Crippen LogP contribution in [0.25, 0.3) is 0 Å². The molecule has 0 atom stereocenters. The van der Waals surface area contributed by atoms with Crippen LogP contribution in [-0.2, 0) is 11.3 Å². The fourth-order valence-corrected chi connectivity index (χ4v) is 5.13.